The summed E-state index contributed by atoms with van der Waals surface area (Å²) >= 11 is 0. The fourth-order valence-electron chi connectivity index (χ4n) is 5.76. The molecule has 0 saturated carbocycles. The van der Waals surface area contributed by atoms with Crippen LogP contribution in [0.1, 0.15) is 59.6 Å². The van der Waals surface area contributed by atoms with E-state index >= 15 is 0 Å². The van der Waals surface area contributed by atoms with Gasteiger partial charge in [-0.3, -0.25) is 4.79 Å². The summed E-state index contributed by atoms with van der Waals surface area (Å²) in [6, 6.07) is 9.53. The van der Waals surface area contributed by atoms with Crippen molar-refractivity contribution in [2.75, 3.05) is 13.7 Å². The molecule has 0 bridgehead atoms. The second-order valence-corrected chi connectivity index (χ2v) is 13.0. The largest absolute Gasteiger partial charge is 0.494 e. The van der Waals surface area contributed by atoms with Crippen LogP contribution in [0.5, 0.6) is 11.5 Å². The molecule has 14 heteroatoms. The number of nitrogens with zero attached hydrogens (tertiary/aromatic N) is 4. The quantitative estimate of drug-likeness (QED) is 0.260. The Kier molecular flexibility index (Phi) is 8.57. The number of aliphatic carboxylic acids is 1. The molecule has 0 unspecified atom stereocenters. The molecule has 4 aromatic rings. The van der Waals surface area contributed by atoms with E-state index in [4.69, 9.17) is 9.47 Å². The lowest BCUT2D eigenvalue weighted by Gasteiger charge is -2.24. The Bertz CT molecular complexity index is 1890. The molecule has 2 atom stereocenters. The number of fused-ring (bicyclic) bond motifs is 2. The number of benzene rings is 3. The van der Waals surface area contributed by atoms with E-state index in [1.165, 1.54) is 7.11 Å². The summed E-state index contributed by atoms with van der Waals surface area (Å²) in [5.74, 6) is -1.37. The number of sulfonamides is 1. The molecule has 0 aliphatic carbocycles. The van der Waals surface area contributed by atoms with Crippen molar-refractivity contribution in [3.63, 3.8) is 0 Å². The van der Waals surface area contributed by atoms with Gasteiger partial charge in [0.05, 0.1) is 25.6 Å². The Morgan fingerprint density at radius 3 is 2.56 bits per heavy atom. The maximum absolute atomic E-state index is 13.8. The number of carboxylic acids is 1. The van der Waals surface area contributed by atoms with Gasteiger partial charge in [-0.15, -0.1) is 5.10 Å². The molecule has 1 N–H and O–H groups in total. The number of carboxylic acid groups (broad SMARTS) is 1. The first-order valence-corrected chi connectivity index (χ1v) is 15.7. The third kappa shape index (κ3) is 6.08. The average Bonchev–Trinajstić information content (AvgIpc) is 3.38. The molecule has 10 nitrogen and oxygen atoms in total. The molecule has 3 aromatic carbocycles. The van der Waals surface area contributed by atoms with Crippen molar-refractivity contribution in [1.82, 2.24) is 19.3 Å². The summed E-state index contributed by atoms with van der Waals surface area (Å²) in [6.07, 6.45) is -5.67. The Morgan fingerprint density at radius 2 is 1.91 bits per heavy atom. The molecule has 45 heavy (non-hydrogen) atoms. The lowest BCUT2D eigenvalue weighted by atomic mass is 9.84. The van der Waals surface area contributed by atoms with E-state index < -0.39 is 44.6 Å². The minimum absolute atomic E-state index is 0.110. The number of halogens is 3. The highest BCUT2D eigenvalue weighted by Crippen LogP contribution is 2.40. The summed E-state index contributed by atoms with van der Waals surface area (Å²) < 4.78 is 82.3. The van der Waals surface area contributed by atoms with Crippen LogP contribution in [0.3, 0.4) is 0 Å². The lowest BCUT2D eigenvalue weighted by Crippen LogP contribution is -2.35. The minimum atomic E-state index is -4.74. The van der Waals surface area contributed by atoms with E-state index in [0.717, 1.165) is 27.6 Å². The minimum Gasteiger partial charge on any atom is -0.494 e. The van der Waals surface area contributed by atoms with Gasteiger partial charge in [0, 0.05) is 19.0 Å². The number of rotatable bonds is 8. The van der Waals surface area contributed by atoms with Gasteiger partial charge >= 0.3 is 12.1 Å². The molecule has 0 amide bonds. The summed E-state index contributed by atoms with van der Waals surface area (Å²) in [4.78, 5) is 11.6. The second kappa shape index (κ2) is 12.0. The summed E-state index contributed by atoms with van der Waals surface area (Å²) in [5, 5.41) is 18.5. The van der Waals surface area contributed by atoms with E-state index in [-0.39, 0.29) is 25.3 Å². The number of ether oxygens (including phenoxy) is 2. The second-order valence-electron chi connectivity index (χ2n) is 11.1. The van der Waals surface area contributed by atoms with Crippen LogP contribution >= 0.6 is 0 Å². The first-order chi connectivity index (χ1) is 21.1. The maximum atomic E-state index is 13.8. The van der Waals surface area contributed by atoms with Crippen molar-refractivity contribution in [1.29, 1.82) is 0 Å². The Balaban J connectivity index is 1.59. The van der Waals surface area contributed by atoms with Crippen molar-refractivity contribution in [3.05, 3.63) is 75.8 Å². The predicted molar refractivity (Wildman–Crippen MR) is 159 cm³/mol. The highest BCUT2D eigenvalue weighted by Gasteiger charge is 2.38. The molecule has 2 heterocycles. The van der Waals surface area contributed by atoms with Crippen LogP contribution in [0.15, 0.2) is 47.4 Å². The molecule has 1 aromatic heterocycles. The maximum Gasteiger partial charge on any atom is 0.416 e. The summed E-state index contributed by atoms with van der Waals surface area (Å²) in [6.45, 7) is 7.46. The molecule has 0 spiro atoms. The van der Waals surface area contributed by atoms with Crippen molar-refractivity contribution < 1.29 is 41.0 Å². The van der Waals surface area contributed by atoms with Gasteiger partial charge in [0.2, 0.25) is 10.0 Å². The molecule has 0 radical (unpaired) electrons. The normalized spacial score (nSPS) is 17.4. The van der Waals surface area contributed by atoms with E-state index in [1.807, 2.05) is 13.8 Å². The number of hydrogen-bond donors (Lipinski definition) is 1. The number of methoxy groups -OCH3 is 1. The van der Waals surface area contributed by atoms with Gasteiger partial charge in [0.25, 0.3) is 0 Å². The molecular weight excluding hydrogens is 613 g/mol. The predicted octanol–water partition coefficient (Wildman–Crippen LogP) is 5.67. The summed E-state index contributed by atoms with van der Waals surface area (Å²) in [7, 11) is -2.90. The van der Waals surface area contributed by atoms with Gasteiger partial charge in [-0.2, -0.15) is 17.5 Å². The SMILES string of the molecule is CCn1nnc2c(C)c([C@@H](CC(=O)O)c3ccc(C)c(CN4C[C@@H](C)Oc5ccc(C(F)(F)F)cc5S4(=O)=O)c3)cc(OC)c21. The standard InChI is InChI=1S/C31H33F3N4O6S/c1-6-38-30-26(43-5)13-23(19(4)29(30)35-36-38)24(14-28(39)40)20-8-7-17(2)21(11-20)16-37-15-18(3)44-25-10-9-22(31(32,33)34)12-27(25)45(37,41)42/h7-13,18,24H,6,14-16H2,1-5H3,(H,39,40)/t18-,24+/m1/s1. The van der Waals surface area contributed by atoms with Crippen LogP contribution in [0.2, 0.25) is 0 Å². The van der Waals surface area contributed by atoms with Crippen molar-refractivity contribution in [3.8, 4) is 11.5 Å². The Labute approximate surface area is 258 Å². The number of alkyl halides is 3. The highest BCUT2D eigenvalue weighted by atomic mass is 32.2. The van der Waals surface area contributed by atoms with Gasteiger partial charge < -0.3 is 14.6 Å². The summed E-state index contributed by atoms with van der Waals surface area (Å²) in [5.41, 5.74) is 3.47. The molecule has 1 aliphatic rings. The number of carbonyl (C=O) groups is 1. The third-order valence-corrected chi connectivity index (χ3v) is 9.95. The van der Waals surface area contributed by atoms with Crippen molar-refractivity contribution >= 4 is 27.0 Å². The van der Waals surface area contributed by atoms with Gasteiger partial charge in [-0.1, -0.05) is 23.4 Å². The topological polar surface area (TPSA) is 124 Å². The molecule has 1 aliphatic heterocycles. The van der Waals surface area contributed by atoms with E-state index in [0.29, 0.717) is 46.1 Å². The van der Waals surface area contributed by atoms with Crippen LogP contribution in [0.4, 0.5) is 13.2 Å². The van der Waals surface area contributed by atoms with E-state index in [2.05, 4.69) is 10.3 Å². The smallest absolute Gasteiger partial charge is 0.416 e. The molecule has 0 fully saturated rings. The number of aryl methyl sites for hydroxylation is 3. The van der Waals surface area contributed by atoms with Crippen molar-refractivity contribution in [2.24, 2.45) is 0 Å². The monoisotopic (exact) mass is 646 g/mol. The Morgan fingerprint density at radius 1 is 1.18 bits per heavy atom. The van der Waals surface area contributed by atoms with Gasteiger partial charge in [0.15, 0.2) is 0 Å². The number of hydrogen-bond acceptors (Lipinski definition) is 7. The third-order valence-electron chi connectivity index (χ3n) is 8.12. The van der Waals surface area contributed by atoms with Crippen LogP contribution in [-0.2, 0) is 34.1 Å². The zero-order valence-corrected chi connectivity index (χ0v) is 26.2. The Hall–Kier alpha value is -4.17. The number of aromatic nitrogens is 3. The fourth-order valence-corrected chi connectivity index (χ4v) is 7.40. The van der Waals surface area contributed by atoms with Gasteiger partial charge in [0.1, 0.15) is 33.5 Å². The van der Waals surface area contributed by atoms with Gasteiger partial charge in [-0.25, -0.2) is 13.1 Å². The average molecular weight is 647 g/mol. The van der Waals surface area contributed by atoms with Crippen LogP contribution in [0.25, 0.3) is 11.0 Å². The zero-order valence-electron chi connectivity index (χ0n) is 25.3. The lowest BCUT2D eigenvalue weighted by molar-refractivity contribution is -0.138. The van der Waals surface area contributed by atoms with E-state index in [1.54, 1.807) is 42.8 Å². The zero-order chi connectivity index (χ0) is 32.8. The van der Waals surface area contributed by atoms with Crippen LogP contribution in [-0.4, -0.2) is 58.6 Å². The molecular formula is C31H33F3N4O6S. The molecule has 240 valence electrons. The van der Waals surface area contributed by atoms with Crippen LogP contribution < -0.4 is 9.47 Å². The van der Waals surface area contributed by atoms with E-state index in [9.17, 15) is 31.5 Å². The molecule has 0 saturated heterocycles. The highest BCUT2D eigenvalue weighted by molar-refractivity contribution is 7.89. The first kappa shape index (κ1) is 32.2. The van der Waals surface area contributed by atoms with Crippen LogP contribution in [0, 0.1) is 13.8 Å². The fraction of sp³-hybridized carbons (Fsp3) is 0.387. The van der Waals surface area contributed by atoms with Crippen molar-refractivity contribution in [2.45, 2.75) is 70.3 Å². The first-order valence-electron chi connectivity index (χ1n) is 14.3. The van der Waals surface area contributed by atoms with Gasteiger partial charge in [-0.05, 0) is 79.8 Å². The molecule has 5 rings (SSSR count).